The molecular formula is C55H71N9O22. The van der Waals surface area contributed by atoms with Crippen LogP contribution in [0.5, 0.6) is 17.2 Å². The van der Waals surface area contributed by atoms with Crippen molar-refractivity contribution in [3.8, 4) is 17.2 Å². The second kappa shape index (κ2) is 34.0. The van der Waals surface area contributed by atoms with Crippen LogP contribution < -0.4 is 48.3 Å². The van der Waals surface area contributed by atoms with Crippen molar-refractivity contribution >= 4 is 77.1 Å². The lowest BCUT2D eigenvalue weighted by molar-refractivity contribution is -0.147. The van der Waals surface area contributed by atoms with Crippen LogP contribution in [0.4, 0.5) is 0 Å². The monoisotopic (exact) mass is 1210 g/mol. The van der Waals surface area contributed by atoms with Crippen molar-refractivity contribution in [3.05, 3.63) is 89.5 Å². The first-order chi connectivity index (χ1) is 40.4. The summed E-state index contributed by atoms with van der Waals surface area (Å²) in [6.45, 7) is 4.23. The molecule has 0 fully saturated rings. The Morgan fingerprint density at radius 1 is 0.395 bits per heavy atom. The molecule has 0 saturated heterocycles. The molecule has 0 aliphatic carbocycles. The topological polar surface area (TPSA) is 526 Å². The van der Waals surface area contributed by atoms with Gasteiger partial charge in [-0.05, 0) is 78.8 Å². The van der Waals surface area contributed by atoms with Crippen LogP contribution in [0.1, 0.15) is 82.4 Å². The molecule has 0 aromatic heterocycles. The van der Waals surface area contributed by atoms with E-state index >= 15 is 0 Å². The fourth-order valence-electron chi connectivity index (χ4n) is 8.17. The molecule has 86 heavy (non-hydrogen) atoms. The Morgan fingerprint density at radius 3 is 1.08 bits per heavy atom. The fraction of sp³-hybridized carbons (Fsp3) is 0.436. The van der Waals surface area contributed by atoms with E-state index in [1.165, 1.54) is 72.8 Å². The average molecular weight is 1210 g/mol. The molecule has 3 aromatic rings. The molecule has 0 aliphatic rings. The summed E-state index contributed by atoms with van der Waals surface area (Å²) in [7, 11) is 0. The number of benzene rings is 3. The SMILES string of the molecule is CC[C@H](C)[C@H](NC(=O)[C@@H](N)CCC(=O)O)C(=O)N[C@@H](Cc1ccc(O)cc1)C(=O)N[C@@H](CCC(=O)O)C(=O)N[C@H](C(=O)N[C@@H](CC(=O)O)C(=O)N[C@@H](Cc1ccc(O)cc1)C(=O)N[C@@H](Cc1ccc(O)cc1)C(=O)N[C@@H](CC(=O)O)C(=O)O)[C@@H](C)O. The summed E-state index contributed by atoms with van der Waals surface area (Å²) in [5.74, 6) is -18.7. The van der Waals surface area contributed by atoms with E-state index in [1.54, 1.807) is 13.8 Å². The smallest absolute Gasteiger partial charge is 0.326 e. The average Bonchev–Trinajstić information content (AvgIpc) is 3.16. The van der Waals surface area contributed by atoms with E-state index < -0.39 is 188 Å². The number of aliphatic hydroxyl groups excluding tert-OH is 1. The van der Waals surface area contributed by atoms with Crippen LogP contribution in [0.2, 0.25) is 0 Å². The first-order valence-electron chi connectivity index (χ1n) is 26.7. The highest BCUT2D eigenvalue weighted by atomic mass is 16.4. The molecule has 31 nitrogen and oxygen atoms in total. The van der Waals surface area contributed by atoms with Crippen LogP contribution in [0.15, 0.2) is 72.8 Å². The minimum atomic E-state index is -2.17. The summed E-state index contributed by atoms with van der Waals surface area (Å²) in [6.07, 6.45) is -7.59. The Morgan fingerprint density at radius 2 is 0.709 bits per heavy atom. The van der Waals surface area contributed by atoms with Gasteiger partial charge in [0.15, 0.2) is 0 Å². The van der Waals surface area contributed by atoms with Crippen molar-refractivity contribution < 1.29 is 108 Å². The highest BCUT2D eigenvalue weighted by Gasteiger charge is 2.38. The maximum absolute atomic E-state index is 14.3. The summed E-state index contributed by atoms with van der Waals surface area (Å²) in [4.78, 5) is 170. The first-order valence-corrected chi connectivity index (χ1v) is 26.7. The van der Waals surface area contributed by atoms with Gasteiger partial charge in [-0.2, -0.15) is 0 Å². The number of phenols is 3. The zero-order chi connectivity index (χ0) is 64.5. The van der Waals surface area contributed by atoms with Crippen LogP contribution in [0.3, 0.4) is 0 Å². The zero-order valence-corrected chi connectivity index (χ0v) is 46.8. The molecule has 11 atom stereocenters. The van der Waals surface area contributed by atoms with Gasteiger partial charge in [-0.3, -0.25) is 57.5 Å². The Bertz CT molecular complexity index is 2910. The molecule has 0 spiro atoms. The van der Waals surface area contributed by atoms with Crippen molar-refractivity contribution in [3.63, 3.8) is 0 Å². The molecule has 19 N–H and O–H groups in total. The second-order valence-corrected chi connectivity index (χ2v) is 20.1. The molecule has 0 aliphatic heterocycles. The number of aliphatic hydroxyl groups is 1. The number of aromatic hydroxyl groups is 3. The second-order valence-electron chi connectivity index (χ2n) is 20.1. The van der Waals surface area contributed by atoms with E-state index in [0.29, 0.717) is 5.56 Å². The number of hydrogen-bond acceptors (Lipinski definition) is 18. The number of nitrogens with one attached hydrogen (secondary N) is 8. The minimum Gasteiger partial charge on any atom is -0.508 e. The van der Waals surface area contributed by atoms with Gasteiger partial charge in [-0.25, -0.2) is 4.79 Å². The quantitative estimate of drug-likeness (QED) is 0.0280. The van der Waals surface area contributed by atoms with Crippen molar-refractivity contribution in [2.45, 2.75) is 145 Å². The van der Waals surface area contributed by atoms with Gasteiger partial charge in [-0.15, -0.1) is 0 Å². The number of carboxylic acids is 5. The molecular weight excluding hydrogens is 1140 g/mol. The molecule has 0 radical (unpaired) electrons. The van der Waals surface area contributed by atoms with Gasteiger partial charge in [0.05, 0.1) is 25.0 Å². The normalized spacial score (nSPS) is 14.8. The summed E-state index contributed by atoms with van der Waals surface area (Å²) in [5.41, 5.74) is 6.69. The molecule has 8 amide bonds. The van der Waals surface area contributed by atoms with Crippen molar-refractivity contribution in [2.75, 3.05) is 0 Å². The largest absolute Gasteiger partial charge is 0.508 e. The zero-order valence-electron chi connectivity index (χ0n) is 46.8. The van der Waals surface area contributed by atoms with Crippen LogP contribution in [0.25, 0.3) is 0 Å². The summed E-state index contributed by atoms with van der Waals surface area (Å²) in [6, 6.07) is -0.794. The number of phenolic OH excluding ortho intramolecular Hbond substituents is 3. The van der Waals surface area contributed by atoms with Crippen molar-refractivity contribution in [1.82, 2.24) is 42.5 Å². The molecule has 0 bridgehead atoms. The lowest BCUT2D eigenvalue weighted by Crippen LogP contribution is -2.62. The molecule has 3 rings (SSSR count). The van der Waals surface area contributed by atoms with E-state index in [2.05, 4.69) is 37.2 Å². The summed E-state index contributed by atoms with van der Waals surface area (Å²) >= 11 is 0. The first kappa shape index (κ1) is 70.4. The van der Waals surface area contributed by atoms with Crippen molar-refractivity contribution in [1.29, 1.82) is 0 Å². The van der Waals surface area contributed by atoms with Gasteiger partial charge in [0, 0.05) is 32.1 Å². The third-order valence-electron chi connectivity index (χ3n) is 13.2. The Kier molecular flexibility index (Phi) is 27.8. The maximum Gasteiger partial charge on any atom is 0.326 e. The molecule has 31 heteroatoms. The number of rotatable bonds is 36. The molecule has 0 heterocycles. The van der Waals surface area contributed by atoms with E-state index in [-0.39, 0.29) is 47.6 Å². The van der Waals surface area contributed by atoms with Gasteiger partial charge in [0.2, 0.25) is 47.3 Å². The van der Waals surface area contributed by atoms with Gasteiger partial charge >= 0.3 is 29.8 Å². The number of nitrogens with two attached hydrogens (primary N) is 1. The van der Waals surface area contributed by atoms with Gasteiger partial charge in [0.1, 0.15) is 65.6 Å². The Labute approximate surface area is 490 Å². The van der Waals surface area contributed by atoms with Crippen LogP contribution >= 0.6 is 0 Å². The molecule has 3 aromatic carbocycles. The molecule has 468 valence electrons. The third kappa shape index (κ3) is 24.1. The summed E-state index contributed by atoms with van der Waals surface area (Å²) < 4.78 is 0. The molecule has 0 unspecified atom stereocenters. The van der Waals surface area contributed by atoms with Gasteiger partial charge < -0.3 is 94.2 Å². The lowest BCUT2D eigenvalue weighted by Gasteiger charge is -2.29. The van der Waals surface area contributed by atoms with Crippen molar-refractivity contribution in [2.24, 2.45) is 11.7 Å². The van der Waals surface area contributed by atoms with Crippen LogP contribution in [-0.4, -0.2) is 184 Å². The van der Waals surface area contributed by atoms with Gasteiger partial charge in [0.25, 0.3) is 0 Å². The maximum atomic E-state index is 14.3. The summed E-state index contributed by atoms with van der Waals surface area (Å²) in [5, 5.41) is 106. The van der Waals surface area contributed by atoms with E-state index in [1.807, 2.05) is 5.32 Å². The van der Waals surface area contributed by atoms with Crippen LogP contribution in [0, 0.1) is 5.92 Å². The minimum absolute atomic E-state index is 0.181. The number of amides is 8. The Hall–Kier alpha value is -9.91. The van der Waals surface area contributed by atoms with Crippen LogP contribution in [-0.2, 0) is 81.6 Å². The Balaban J connectivity index is 1.99. The predicted octanol–water partition coefficient (Wildman–Crippen LogP) is -2.77. The standard InChI is InChI=1S/C55H71N9O22/c1-4-26(2)45(63-47(77)34(56)17-19-41(69)70)53(83)60-38(23-30-9-15-33(68)16-10-30)49(79)57-35(18-20-42(71)72)48(78)64-46(27(3)65)54(84)61-39(24-43(73)74)52(82)59-36(21-28-5-11-31(66)12-6-28)50(80)58-37(22-29-7-13-32(67)14-8-29)51(81)62-40(55(85)86)25-44(75)76/h5-16,26-27,34-40,45-46,65-68H,4,17-25,56H2,1-3H3,(H,57,79)(H,58,80)(H,59,82)(H,60,83)(H,61,84)(H,62,81)(H,63,77)(H,64,78)(H,69,70)(H,71,72)(H,73,74)(H,75,76)(H,85,86)/t26-,27+,34-,35-,36-,37-,38-,39-,40-,45-,46-/m0/s1. The number of carbonyl (C=O) groups excluding carboxylic acids is 8. The fourth-order valence-corrected chi connectivity index (χ4v) is 8.17. The van der Waals surface area contributed by atoms with Gasteiger partial charge in [-0.1, -0.05) is 56.7 Å². The van der Waals surface area contributed by atoms with E-state index in [4.69, 9.17) is 10.8 Å². The predicted molar refractivity (Wildman–Crippen MR) is 296 cm³/mol. The highest BCUT2D eigenvalue weighted by Crippen LogP contribution is 2.17. The lowest BCUT2D eigenvalue weighted by atomic mass is 9.96. The highest BCUT2D eigenvalue weighted by molar-refractivity contribution is 5.99. The molecule has 0 saturated carbocycles. The number of carbonyl (C=O) groups is 13. The number of aliphatic carboxylic acids is 5. The number of hydrogen-bond donors (Lipinski definition) is 18. The third-order valence-corrected chi connectivity index (χ3v) is 13.2. The number of carboxylic acid groups (broad SMARTS) is 5. The van der Waals surface area contributed by atoms with E-state index in [9.17, 15) is 103 Å². The van der Waals surface area contributed by atoms with E-state index in [0.717, 1.165) is 6.92 Å².